The summed E-state index contributed by atoms with van der Waals surface area (Å²) in [5, 5.41) is 0. The molecule has 13 heavy (non-hydrogen) atoms. The average molecular weight is 183 g/mol. The zero-order valence-electron chi connectivity index (χ0n) is 8.58. The molecule has 2 aliphatic heterocycles. The topological polar surface area (TPSA) is 32.5 Å². The van der Waals surface area contributed by atoms with Gasteiger partial charge >= 0.3 is 0 Å². The van der Waals surface area contributed by atoms with Crippen LogP contribution in [0.25, 0.3) is 0 Å². The van der Waals surface area contributed by atoms with Gasteiger partial charge in [-0.2, -0.15) is 0 Å². The van der Waals surface area contributed by atoms with Crippen molar-refractivity contribution in [2.24, 2.45) is 5.73 Å². The summed E-state index contributed by atoms with van der Waals surface area (Å²) >= 11 is 0. The molecule has 0 aromatic carbocycles. The second kappa shape index (κ2) is 3.95. The van der Waals surface area contributed by atoms with Gasteiger partial charge in [0.2, 0.25) is 0 Å². The predicted molar refractivity (Wildman–Crippen MR) is 54.7 cm³/mol. The maximum Gasteiger partial charge on any atom is 0.0224 e. The van der Waals surface area contributed by atoms with Crippen molar-refractivity contribution < 1.29 is 0 Å². The standard InChI is InChI=1S/C10H21N3/c1-12-5-2-3-10(8-12)13-6-4-9(11)7-13/h9-10H,2-8,11H2,1H3. The Labute approximate surface area is 80.9 Å². The predicted octanol–water partition coefficient (Wildman–Crippen LogP) is 0.114. The second-order valence-corrected chi connectivity index (χ2v) is 4.60. The molecule has 3 nitrogen and oxygen atoms in total. The Morgan fingerprint density at radius 1 is 1.15 bits per heavy atom. The van der Waals surface area contributed by atoms with Crippen molar-refractivity contribution >= 4 is 0 Å². The molecule has 2 unspecified atom stereocenters. The van der Waals surface area contributed by atoms with Gasteiger partial charge in [-0.1, -0.05) is 0 Å². The number of likely N-dealkylation sites (tertiary alicyclic amines) is 2. The highest BCUT2D eigenvalue weighted by molar-refractivity contribution is 4.86. The number of rotatable bonds is 1. The molecule has 0 bridgehead atoms. The number of likely N-dealkylation sites (N-methyl/N-ethyl adjacent to an activating group) is 1. The fourth-order valence-corrected chi connectivity index (χ4v) is 2.58. The molecule has 2 saturated heterocycles. The average Bonchev–Trinajstić information content (AvgIpc) is 2.52. The summed E-state index contributed by atoms with van der Waals surface area (Å²) in [6, 6.07) is 1.22. The van der Waals surface area contributed by atoms with E-state index in [-0.39, 0.29) is 0 Å². The molecule has 2 heterocycles. The van der Waals surface area contributed by atoms with Gasteiger partial charge in [-0.3, -0.25) is 4.90 Å². The van der Waals surface area contributed by atoms with Crippen molar-refractivity contribution in [1.82, 2.24) is 9.80 Å². The third-order valence-corrected chi connectivity index (χ3v) is 3.37. The van der Waals surface area contributed by atoms with Gasteiger partial charge in [-0.05, 0) is 32.9 Å². The molecule has 0 radical (unpaired) electrons. The molecule has 0 saturated carbocycles. The smallest absolute Gasteiger partial charge is 0.0224 e. The van der Waals surface area contributed by atoms with Crippen LogP contribution in [0.4, 0.5) is 0 Å². The highest BCUT2D eigenvalue weighted by Gasteiger charge is 2.28. The normalized spacial score (nSPS) is 38.3. The highest BCUT2D eigenvalue weighted by Crippen LogP contribution is 2.18. The van der Waals surface area contributed by atoms with Crippen LogP contribution in [-0.4, -0.2) is 55.1 Å². The van der Waals surface area contributed by atoms with Crippen molar-refractivity contribution in [1.29, 1.82) is 0 Å². The van der Waals surface area contributed by atoms with E-state index in [0.29, 0.717) is 6.04 Å². The minimum absolute atomic E-state index is 0.437. The Hall–Kier alpha value is -0.120. The molecule has 0 aliphatic carbocycles. The summed E-state index contributed by atoms with van der Waals surface area (Å²) in [6.45, 7) is 4.86. The van der Waals surface area contributed by atoms with Crippen molar-refractivity contribution in [2.75, 3.05) is 33.2 Å². The number of nitrogens with zero attached hydrogens (tertiary/aromatic N) is 2. The fraction of sp³-hybridized carbons (Fsp3) is 1.00. The Morgan fingerprint density at radius 2 is 2.00 bits per heavy atom. The highest BCUT2D eigenvalue weighted by atomic mass is 15.2. The lowest BCUT2D eigenvalue weighted by atomic mass is 10.1. The first kappa shape index (κ1) is 9.44. The molecule has 2 N–H and O–H groups in total. The Morgan fingerprint density at radius 3 is 2.62 bits per heavy atom. The third-order valence-electron chi connectivity index (χ3n) is 3.37. The lowest BCUT2D eigenvalue weighted by molar-refractivity contribution is 0.132. The number of nitrogens with two attached hydrogens (primary N) is 1. The van der Waals surface area contributed by atoms with Crippen LogP contribution >= 0.6 is 0 Å². The van der Waals surface area contributed by atoms with E-state index in [0.717, 1.165) is 12.6 Å². The van der Waals surface area contributed by atoms with Gasteiger partial charge in [0, 0.05) is 31.7 Å². The maximum absolute atomic E-state index is 5.91. The van der Waals surface area contributed by atoms with Gasteiger partial charge in [0.05, 0.1) is 0 Å². The van der Waals surface area contributed by atoms with E-state index >= 15 is 0 Å². The van der Waals surface area contributed by atoms with Gasteiger partial charge in [-0.15, -0.1) is 0 Å². The molecule has 2 atom stereocenters. The SMILES string of the molecule is CN1CCCC(N2CCC(N)C2)C1. The maximum atomic E-state index is 5.91. The van der Waals surface area contributed by atoms with E-state index in [1.54, 1.807) is 0 Å². The molecule has 2 fully saturated rings. The first-order chi connectivity index (χ1) is 6.25. The van der Waals surface area contributed by atoms with Crippen LogP contribution in [-0.2, 0) is 0 Å². The van der Waals surface area contributed by atoms with Crippen molar-refractivity contribution in [3.8, 4) is 0 Å². The van der Waals surface area contributed by atoms with Crippen LogP contribution in [0, 0.1) is 0 Å². The van der Waals surface area contributed by atoms with Crippen LogP contribution in [0.3, 0.4) is 0 Å². The van der Waals surface area contributed by atoms with Gasteiger partial charge in [0.1, 0.15) is 0 Å². The molecule has 0 spiro atoms. The van der Waals surface area contributed by atoms with Gasteiger partial charge < -0.3 is 10.6 Å². The largest absolute Gasteiger partial charge is 0.326 e. The number of hydrogen-bond donors (Lipinski definition) is 1. The summed E-state index contributed by atoms with van der Waals surface area (Å²) < 4.78 is 0. The van der Waals surface area contributed by atoms with Crippen molar-refractivity contribution in [3.63, 3.8) is 0 Å². The summed E-state index contributed by atoms with van der Waals surface area (Å²) in [4.78, 5) is 5.03. The zero-order valence-corrected chi connectivity index (χ0v) is 8.58. The second-order valence-electron chi connectivity index (χ2n) is 4.60. The van der Waals surface area contributed by atoms with Crippen molar-refractivity contribution in [2.45, 2.75) is 31.3 Å². The van der Waals surface area contributed by atoms with E-state index in [1.807, 2.05) is 0 Å². The Kier molecular flexibility index (Phi) is 2.86. The van der Waals surface area contributed by atoms with Crippen molar-refractivity contribution in [3.05, 3.63) is 0 Å². The quantitative estimate of drug-likeness (QED) is 0.626. The summed E-state index contributed by atoms with van der Waals surface area (Å²) in [5.74, 6) is 0. The number of piperidine rings is 1. The van der Waals surface area contributed by atoms with Crippen LogP contribution in [0.5, 0.6) is 0 Å². The summed E-state index contributed by atoms with van der Waals surface area (Å²) in [5.41, 5.74) is 5.91. The molecule has 2 rings (SSSR count). The van der Waals surface area contributed by atoms with Crippen LogP contribution < -0.4 is 5.73 Å². The molecule has 0 amide bonds. The van der Waals surface area contributed by atoms with Crippen LogP contribution in [0.2, 0.25) is 0 Å². The first-order valence-corrected chi connectivity index (χ1v) is 5.44. The molecule has 0 aromatic heterocycles. The van der Waals surface area contributed by atoms with Gasteiger partial charge in [0.15, 0.2) is 0 Å². The zero-order chi connectivity index (χ0) is 9.26. The lowest BCUT2D eigenvalue weighted by Crippen LogP contribution is -2.46. The fourth-order valence-electron chi connectivity index (χ4n) is 2.58. The number of hydrogen-bond acceptors (Lipinski definition) is 3. The molecular weight excluding hydrogens is 162 g/mol. The van der Waals surface area contributed by atoms with Crippen LogP contribution in [0.15, 0.2) is 0 Å². The summed E-state index contributed by atoms with van der Waals surface area (Å²) in [7, 11) is 2.22. The van der Waals surface area contributed by atoms with E-state index in [2.05, 4.69) is 16.8 Å². The molecule has 0 aromatic rings. The van der Waals surface area contributed by atoms with Crippen LogP contribution in [0.1, 0.15) is 19.3 Å². The van der Waals surface area contributed by atoms with E-state index in [9.17, 15) is 0 Å². The van der Waals surface area contributed by atoms with E-state index in [4.69, 9.17) is 5.73 Å². The molecule has 76 valence electrons. The molecule has 3 heteroatoms. The first-order valence-electron chi connectivity index (χ1n) is 5.44. The molecule has 2 aliphatic rings. The Balaban J connectivity index is 1.85. The van der Waals surface area contributed by atoms with E-state index < -0.39 is 0 Å². The monoisotopic (exact) mass is 183 g/mol. The van der Waals surface area contributed by atoms with Gasteiger partial charge in [-0.25, -0.2) is 0 Å². The van der Waals surface area contributed by atoms with Gasteiger partial charge in [0.25, 0.3) is 0 Å². The third kappa shape index (κ3) is 2.22. The minimum Gasteiger partial charge on any atom is -0.326 e. The van der Waals surface area contributed by atoms with E-state index in [1.165, 1.54) is 38.9 Å². The lowest BCUT2D eigenvalue weighted by Gasteiger charge is -2.35. The molecular formula is C10H21N3. The summed E-state index contributed by atoms with van der Waals surface area (Å²) in [6.07, 6.45) is 3.92. The minimum atomic E-state index is 0.437. The Bertz CT molecular complexity index is 172.